The van der Waals surface area contributed by atoms with E-state index in [1.807, 2.05) is 0 Å². The monoisotopic (exact) mass is 373 g/mol. The first-order valence-electron chi connectivity index (χ1n) is 10.7. The van der Waals surface area contributed by atoms with Crippen molar-refractivity contribution in [1.82, 2.24) is 24.8 Å². The van der Waals surface area contributed by atoms with E-state index in [-0.39, 0.29) is 12.3 Å². The molecule has 0 spiro atoms. The quantitative estimate of drug-likeness (QED) is 0.870. The third kappa shape index (κ3) is 3.45. The lowest BCUT2D eigenvalue weighted by Gasteiger charge is -2.52. The zero-order chi connectivity index (χ0) is 19.1. The molecule has 2 N–H and O–H groups in total. The van der Waals surface area contributed by atoms with Gasteiger partial charge in [0, 0.05) is 30.2 Å². The molecular formula is C20H35N7. The molecule has 0 saturated carbocycles. The van der Waals surface area contributed by atoms with Crippen LogP contribution in [0, 0.1) is 0 Å². The van der Waals surface area contributed by atoms with E-state index in [0.29, 0.717) is 30.2 Å². The summed E-state index contributed by atoms with van der Waals surface area (Å²) in [4.78, 5) is 20.6. The van der Waals surface area contributed by atoms with Crippen molar-refractivity contribution in [3.8, 4) is 0 Å². The Labute approximate surface area is 163 Å². The molecule has 0 amide bonds. The van der Waals surface area contributed by atoms with Gasteiger partial charge in [-0.15, -0.1) is 0 Å². The van der Waals surface area contributed by atoms with E-state index in [2.05, 4.69) is 57.3 Å². The van der Waals surface area contributed by atoms with Crippen molar-refractivity contribution in [3.63, 3.8) is 0 Å². The second-order valence-electron chi connectivity index (χ2n) is 8.96. The van der Waals surface area contributed by atoms with Gasteiger partial charge >= 0.3 is 0 Å². The van der Waals surface area contributed by atoms with Crippen LogP contribution in [0.15, 0.2) is 12.7 Å². The number of anilines is 1. The first-order valence-corrected chi connectivity index (χ1v) is 10.7. The Bertz CT molecular complexity index is 606. The van der Waals surface area contributed by atoms with Gasteiger partial charge in [0.15, 0.2) is 0 Å². The number of hydrogen-bond donors (Lipinski definition) is 1. The molecule has 150 valence electrons. The van der Waals surface area contributed by atoms with E-state index < -0.39 is 0 Å². The summed E-state index contributed by atoms with van der Waals surface area (Å²) >= 11 is 0. The number of aromatic nitrogens is 3. The van der Waals surface area contributed by atoms with Crippen LogP contribution in [0.2, 0.25) is 0 Å². The molecule has 4 rings (SSSR count). The lowest BCUT2D eigenvalue weighted by molar-refractivity contribution is 0.0396. The SMILES string of the molecule is CC1CCC(C)N1C1CC(N)N(c2ncncn2)C(N2C(C)CCC2C)C1. The van der Waals surface area contributed by atoms with Gasteiger partial charge in [0.05, 0.1) is 12.3 Å². The molecule has 0 aromatic carbocycles. The first kappa shape index (κ1) is 19.0. The highest BCUT2D eigenvalue weighted by Crippen LogP contribution is 2.38. The second kappa shape index (κ2) is 7.60. The van der Waals surface area contributed by atoms with Crippen LogP contribution in [0.4, 0.5) is 5.95 Å². The number of hydrogen-bond acceptors (Lipinski definition) is 7. The predicted octanol–water partition coefficient (Wildman–Crippen LogP) is 2.20. The smallest absolute Gasteiger partial charge is 0.230 e. The van der Waals surface area contributed by atoms with E-state index >= 15 is 0 Å². The maximum absolute atomic E-state index is 6.78. The Morgan fingerprint density at radius 1 is 0.815 bits per heavy atom. The van der Waals surface area contributed by atoms with Gasteiger partial charge in [-0.25, -0.2) is 15.0 Å². The zero-order valence-corrected chi connectivity index (χ0v) is 17.2. The lowest BCUT2D eigenvalue weighted by atomic mass is 9.95. The first-order chi connectivity index (χ1) is 13.0. The van der Waals surface area contributed by atoms with Crippen LogP contribution in [0.3, 0.4) is 0 Å². The van der Waals surface area contributed by atoms with Gasteiger partial charge in [0.25, 0.3) is 0 Å². The normalized spacial score (nSPS) is 41.4. The highest BCUT2D eigenvalue weighted by molar-refractivity contribution is 5.33. The molecule has 0 radical (unpaired) electrons. The van der Waals surface area contributed by atoms with Crippen molar-refractivity contribution >= 4 is 5.95 Å². The van der Waals surface area contributed by atoms with E-state index in [1.165, 1.54) is 25.7 Å². The van der Waals surface area contributed by atoms with Crippen LogP contribution in [0.5, 0.6) is 0 Å². The van der Waals surface area contributed by atoms with E-state index in [9.17, 15) is 0 Å². The van der Waals surface area contributed by atoms with E-state index in [4.69, 9.17) is 5.73 Å². The van der Waals surface area contributed by atoms with Gasteiger partial charge in [0.2, 0.25) is 5.95 Å². The predicted molar refractivity (Wildman–Crippen MR) is 107 cm³/mol. The molecule has 0 bridgehead atoms. The maximum Gasteiger partial charge on any atom is 0.230 e. The Kier molecular flexibility index (Phi) is 5.36. The summed E-state index contributed by atoms with van der Waals surface area (Å²) in [5.41, 5.74) is 6.78. The number of piperidine rings is 1. The molecule has 3 aliphatic heterocycles. The van der Waals surface area contributed by atoms with Crippen molar-refractivity contribution in [2.75, 3.05) is 4.90 Å². The lowest BCUT2D eigenvalue weighted by Crippen LogP contribution is -2.66. The van der Waals surface area contributed by atoms with Gasteiger partial charge in [-0.05, 0) is 66.2 Å². The van der Waals surface area contributed by atoms with Crippen LogP contribution < -0.4 is 10.6 Å². The van der Waals surface area contributed by atoms with Crippen molar-refractivity contribution in [2.24, 2.45) is 5.73 Å². The maximum atomic E-state index is 6.78. The van der Waals surface area contributed by atoms with Crippen molar-refractivity contribution < 1.29 is 0 Å². The average molecular weight is 374 g/mol. The molecule has 1 aromatic heterocycles. The van der Waals surface area contributed by atoms with Crippen molar-refractivity contribution in [3.05, 3.63) is 12.7 Å². The fraction of sp³-hybridized carbons (Fsp3) is 0.850. The fourth-order valence-electron chi connectivity index (χ4n) is 5.96. The molecule has 3 saturated heterocycles. The minimum absolute atomic E-state index is 0.0730. The third-order valence-corrected chi connectivity index (χ3v) is 7.19. The average Bonchev–Trinajstić information content (AvgIpc) is 3.16. The molecule has 27 heavy (non-hydrogen) atoms. The molecule has 3 fully saturated rings. The molecule has 1 aromatic rings. The van der Waals surface area contributed by atoms with E-state index in [1.54, 1.807) is 12.7 Å². The van der Waals surface area contributed by atoms with Gasteiger partial charge in [-0.2, -0.15) is 0 Å². The topological polar surface area (TPSA) is 74.4 Å². The minimum Gasteiger partial charge on any atom is -0.311 e. The number of rotatable bonds is 3. The van der Waals surface area contributed by atoms with Crippen LogP contribution in [0.25, 0.3) is 0 Å². The summed E-state index contributed by atoms with van der Waals surface area (Å²) in [6.45, 7) is 9.46. The van der Waals surface area contributed by atoms with Crippen molar-refractivity contribution in [2.45, 2.75) is 109 Å². The summed E-state index contributed by atoms with van der Waals surface area (Å²) in [5.74, 6) is 0.717. The summed E-state index contributed by atoms with van der Waals surface area (Å²) in [6, 6.07) is 2.95. The standard InChI is InChI=1S/C20H35N7/c1-13-5-6-14(2)25(13)17-9-18(21)27(20-23-11-22-12-24-20)19(10-17)26-15(3)7-8-16(26)4/h11-19H,5-10,21H2,1-4H3. The molecule has 7 unspecified atom stereocenters. The Morgan fingerprint density at radius 2 is 1.33 bits per heavy atom. The summed E-state index contributed by atoms with van der Waals surface area (Å²) in [6.07, 6.45) is 10.5. The molecule has 7 nitrogen and oxygen atoms in total. The molecule has 4 heterocycles. The summed E-state index contributed by atoms with van der Waals surface area (Å²) in [7, 11) is 0. The number of likely N-dealkylation sites (tertiary alicyclic amines) is 2. The fourth-order valence-corrected chi connectivity index (χ4v) is 5.96. The molecular weight excluding hydrogens is 338 g/mol. The van der Waals surface area contributed by atoms with Gasteiger partial charge in [-0.1, -0.05) is 0 Å². The Balaban J connectivity index is 1.66. The van der Waals surface area contributed by atoms with E-state index in [0.717, 1.165) is 18.8 Å². The molecule has 7 heteroatoms. The van der Waals surface area contributed by atoms with Crippen LogP contribution >= 0.6 is 0 Å². The van der Waals surface area contributed by atoms with Crippen LogP contribution in [-0.2, 0) is 0 Å². The summed E-state index contributed by atoms with van der Waals surface area (Å²) < 4.78 is 0. The van der Waals surface area contributed by atoms with Crippen LogP contribution in [0.1, 0.15) is 66.2 Å². The highest BCUT2D eigenvalue weighted by Gasteiger charge is 2.46. The molecule has 3 aliphatic rings. The zero-order valence-electron chi connectivity index (χ0n) is 17.2. The Hall–Kier alpha value is -1.31. The largest absolute Gasteiger partial charge is 0.311 e. The van der Waals surface area contributed by atoms with Crippen LogP contribution in [-0.4, -0.2) is 67.3 Å². The molecule has 7 atom stereocenters. The molecule has 0 aliphatic carbocycles. The Morgan fingerprint density at radius 3 is 1.89 bits per heavy atom. The van der Waals surface area contributed by atoms with Gasteiger partial charge in [-0.3, -0.25) is 9.80 Å². The second-order valence-corrected chi connectivity index (χ2v) is 8.96. The van der Waals surface area contributed by atoms with Gasteiger partial charge < -0.3 is 10.6 Å². The minimum atomic E-state index is -0.0730. The van der Waals surface area contributed by atoms with Gasteiger partial charge in [0.1, 0.15) is 12.7 Å². The third-order valence-electron chi connectivity index (χ3n) is 7.19. The summed E-state index contributed by atoms with van der Waals surface area (Å²) in [5, 5.41) is 0. The van der Waals surface area contributed by atoms with Crippen molar-refractivity contribution in [1.29, 1.82) is 0 Å². The number of nitrogens with zero attached hydrogens (tertiary/aromatic N) is 6. The highest BCUT2D eigenvalue weighted by atomic mass is 15.5. The number of nitrogens with two attached hydrogens (primary N) is 1.